The van der Waals surface area contributed by atoms with Crippen LogP contribution in [0.4, 0.5) is 0 Å². The van der Waals surface area contributed by atoms with Crippen LogP contribution in [0.25, 0.3) is 11.0 Å². The van der Waals surface area contributed by atoms with E-state index in [9.17, 15) is 9.59 Å². The van der Waals surface area contributed by atoms with Gasteiger partial charge in [0.05, 0.1) is 11.0 Å². The third-order valence-corrected chi connectivity index (χ3v) is 6.18. The Hall–Kier alpha value is -3.15. The number of hydrogen-bond acceptors (Lipinski definition) is 3. The quantitative estimate of drug-likeness (QED) is 0.402. The van der Waals surface area contributed by atoms with Crippen LogP contribution in [0.1, 0.15) is 68.7 Å². The molecule has 0 unspecified atom stereocenters. The Morgan fingerprint density at radius 2 is 1.62 bits per heavy atom. The van der Waals surface area contributed by atoms with E-state index < -0.39 is 0 Å². The maximum Gasteiger partial charge on any atom is 0.251 e. The van der Waals surface area contributed by atoms with Gasteiger partial charge in [-0.2, -0.15) is 0 Å². The van der Waals surface area contributed by atoms with Gasteiger partial charge in [-0.25, -0.2) is 4.98 Å². The lowest BCUT2D eigenvalue weighted by molar-refractivity contribution is -0.135. The summed E-state index contributed by atoms with van der Waals surface area (Å²) in [7, 11) is 0. The second-order valence-corrected chi connectivity index (χ2v) is 9.47. The molecule has 182 valence electrons. The molecule has 0 spiro atoms. The topological polar surface area (TPSA) is 67.2 Å². The van der Waals surface area contributed by atoms with Crippen molar-refractivity contribution in [3.05, 3.63) is 65.5 Å². The second-order valence-electron chi connectivity index (χ2n) is 9.47. The lowest BCUT2D eigenvalue weighted by Crippen LogP contribution is -2.43. The van der Waals surface area contributed by atoms with E-state index in [1.165, 1.54) is 0 Å². The molecule has 34 heavy (non-hydrogen) atoms. The van der Waals surface area contributed by atoms with E-state index in [1.54, 1.807) is 0 Å². The minimum absolute atomic E-state index is 0.0155. The SMILES string of the molecule is Cc1ccccc1C(=O)NCCCCCc1nc2ccccc2n1CC(=O)N(C(C)C)C(C)C. The Kier molecular flexibility index (Phi) is 8.85. The number of rotatable bonds is 11. The summed E-state index contributed by atoms with van der Waals surface area (Å²) < 4.78 is 2.08. The van der Waals surface area contributed by atoms with Gasteiger partial charge in [0, 0.05) is 30.6 Å². The molecule has 3 rings (SSSR count). The Labute approximate surface area is 203 Å². The third-order valence-electron chi connectivity index (χ3n) is 6.18. The predicted molar refractivity (Wildman–Crippen MR) is 138 cm³/mol. The lowest BCUT2D eigenvalue weighted by Gasteiger charge is -2.31. The van der Waals surface area contributed by atoms with Gasteiger partial charge in [0.2, 0.25) is 5.91 Å². The van der Waals surface area contributed by atoms with Crippen LogP contribution in [-0.4, -0.2) is 44.9 Å². The number of unbranched alkanes of at least 4 members (excludes halogenated alkanes) is 2. The summed E-state index contributed by atoms with van der Waals surface area (Å²) in [4.78, 5) is 32.3. The zero-order valence-electron chi connectivity index (χ0n) is 21.2. The van der Waals surface area contributed by atoms with Crippen LogP contribution in [0, 0.1) is 6.92 Å². The molecule has 0 aliphatic heterocycles. The third kappa shape index (κ3) is 6.25. The predicted octanol–water partition coefficient (Wildman–Crippen LogP) is 5.13. The fraction of sp³-hybridized carbons (Fsp3) is 0.464. The van der Waals surface area contributed by atoms with Crippen molar-refractivity contribution in [3.63, 3.8) is 0 Å². The number of carbonyl (C=O) groups excluding carboxylic acids is 2. The molecule has 0 radical (unpaired) electrons. The average molecular weight is 463 g/mol. The number of fused-ring (bicyclic) bond motifs is 1. The first-order chi connectivity index (χ1) is 16.3. The number of carbonyl (C=O) groups is 2. The molecule has 0 saturated carbocycles. The van der Waals surface area contributed by atoms with Crippen molar-refractivity contribution in [1.29, 1.82) is 0 Å². The molecule has 2 aromatic carbocycles. The Balaban J connectivity index is 1.58. The standard InChI is InChI=1S/C28H38N4O2/c1-20(2)32(21(3)4)27(33)19-31-25-16-11-10-15-24(25)30-26(31)17-7-6-12-18-29-28(34)23-14-9-8-13-22(23)5/h8-11,13-16,20-21H,6-7,12,17-19H2,1-5H3,(H,29,34). The molecule has 6 heteroatoms. The minimum Gasteiger partial charge on any atom is -0.352 e. The molecular weight excluding hydrogens is 424 g/mol. The van der Waals surface area contributed by atoms with E-state index in [0.717, 1.165) is 53.7 Å². The molecule has 0 aliphatic carbocycles. The first-order valence-corrected chi connectivity index (χ1v) is 12.4. The normalized spacial score (nSPS) is 11.4. The number of nitrogens with one attached hydrogen (secondary N) is 1. The van der Waals surface area contributed by atoms with Crippen molar-refractivity contribution in [2.24, 2.45) is 0 Å². The molecule has 1 heterocycles. The van der Waals surface area contributed by atoms with Crippen LogP contribution >= 0.6 is 0 Å². The number of hydrogen-bond donors (Lipinski definition) is 1. The van der Waals surface area contributed by atoms with Gasteiger partial charge in [-0.3, -0.25) is 9.59 Å². The highest BCUT2D eigenvalue weighted by atomic mass is 16.2. The summed E-state index contributed by atoms with van der Waals surface area (Å²) in [6, 6.07) is 16.0. The minimum atomic E-state index is -0.0155. The van der Waals surface area contributed by atoms with Gasteiger partial charge in [0.15, 0.2) is 0 Å². The van der Waals surface area contributed by atoms with Crippen LogP contribution < -0.4 is 5.32 Å². The Bertz CT molecular complexity index is 1110. The van der Waals surface area contributed by atoms with E-state index in [0.29, 0.717) is 13.1 Å². The number of imidazole rings is 1. The average Bonchev–Trinajstić information content (AvgIpc) is 3.13. The van der Waals surface area contributed by atoms with Gasteiger partial charge in [0.25, 0.3) is 5.91 Å². The van der Waals surface area contributed by atoms with Crippen molar-refractivity contribution in [1.82, 2.24) is 19.8 Å². The van der Waals surface area contributed by atoms with Gasteiger partial charge in [-0.1, -0.05) is 36.8 Å². The van der Waals surface area contributed by atoms with Crippen LogP contribution in [-0.2, 0) is 17.8 Å². The summed E-state index contributed by atoms with van der Waals surface area (Å²) in [6.07, 6.45) is 3.65. The largest absolute Gasteiger partial charge is 0.352 e. The van der Waals surface area contributed by atoms with Crippen molar-refractivity contribution in [2.75, 3.05) is 6.54 Å². The smallest absolute Gasteiger partial charge is 0.251 e. The number of aryl methyl sites for hydroxylation is 2. The van der Waals surface area contributed by atoms with Crippen LogP contribution in [0.5, 0.6) is 0 Å². The van der Waals surface area contributed by atoms with Gasteiger partial charge >= 0.3 is 0 Å². The molecule has 2 amide bonds. The number of nitrogens with zero attached hydrogens (tertiary/aromatic N) is 3. The first-order valence-electron chi connectivity index (χ1n) is 12.4. The number of aromatic nitrogens is 2. The summed E-state index contributed by atoms with van der Waals surface area (Å²) in [5.41, 5.74) is 3.65. The van der Waals surface area contributed by atoms with E-state index in [-0.39, 0.29) is 23.9 Å². The highest BCUT2D eigenvalue weighted by Crippen LogP contribution is 2.19. The fourth-order valence-corrected chi connectivity index (χ4v) is 4.59. The van der Waals surface area contributed by atoms with Crippen LogP contribution in [0.15, 0.2) is 48.5 Å². The summed E-state index contributed by atoms with van der Waals surface area (Å²) >= 11 is 0. The molecule has 6 nitrogen and oxygen atoms in total. The van der Waals surface area contributed by atoms with Crippen molar-refractivity contribution < 1.29 is 9.59 Å². The van der Waals surface area contributed by atoms with Crippen molar-refractivity contribution in [3.8, 4) is 0 Å². The molecule has 0 aliphatic rings. The van der Waals surface area contributed by atoms with E-state index in [1.807, 2.05) is 60.4 Å². The summed E-state index contributed by atoms with van der Waals surface area (Å²) in [6.45, 7) is 11.1. The van der Waals surface area contributed by atoms with E-state index in [2.05, 4.69) is 37.6 Å². The molecular formula is C28H38N4O2. The molecule has 0 bridgehead atoms. The fourth-order valence-electron chi connectivity index (χ4n) is 4.59. The molecule has 0 atom stereocenters. The van der Waals surface area contributed by atoms with Crippen molar-refractivity contribution >= 4 is 22.8 Å². The van der Waals surface area contributed by atoms with Gasteiger partial charge in [-0.15, -0.1) is 0 Å². The monoisotopic (exact) mass is 462 g/mol. The Morgan fingerprint density at radius 3 is 2.32 bits per heavy atom. The number of para-hydroxylation sites is 2. The Morgan fingerprint density at radius 1 is 0.941 bits per heavy atom. The molecule has 1 aromatic heterocycles. The summed E-state index contributed by atoms with van der Waals surface area (Å²) in [5.74, 6) is 1.05. The van der Waals surface area contributed by atoms with Gasteiger partial charge in [-0.05, 0) is 71.2 Å². The van der Waals surface area contributed by atoms with E-state index >= 15 is 0 Å². The lowest BCUT2D eigenvalue weighted by atomic mass is 10.1. The van der Waals surface area contributed by atoms with Crippen LogP contribution in [0.2, 0.25) is 0 Å². The maximum atomic E-state index is 13.1. The number of amides is 2. The molecule has 0 saturated heterocycles. The van der Waals surface area contributed by atoms with Gasteiger partial charge in [0.1, 0.15) is 12.4 Å². The first kappa shape index (κ1) is 25.5. The van der Waals surface area contributed by atoms with Crippen LogP contribution in [0.3, 0.4) is 0 Å². The maximum absolute atomic E-state index is 13.1. The second kappa shape index (κ2) is 11.8. The zero-order chi connectivity index (χ0) is 24.7. The molecule has 1 N–H and O–H groups in total. The van der Waals surface area contributed by atoms with Crippen molar-refractivity contribution in [2.45, 2.75) is 78.9 Å². The van der Waals surface area contributed by atoms with E-state index in [4.69, 9.17) is 4.98 Å². The summed E-state index contributed by atoms with van der Waals surface area (Å²) in [5, 5.41) is 3.02. The number of benzene rings is 2. The van der Waals surface area contributed by atoms with Gasteiger partial charge < -0.3 is 14.8 Å². The zero-order valence-corrected chi connectivity index (χ0v) is 21.2. The highest BCUT2D eigenvalue weighted by molar-refractivity contribution is 5.95. The molecule has 3 aromatic rings. The highest BCUT2D eigenvalue weighted by Gasteiger charge is 2.22. The molecule has 0 fully saturated rings.